The van der Waals surface area contributed by atoms with Gasteiger partial charge in [-0.2, -0.15) is 0 Å². The largest absolute Gasteiger partial charge is 0.370 e. The zero-order valence-corrected chi connectivity index (χ0v) is 14.1. The molecule has 21 heavy (non-hydrogen) atoms. The van der Waals surface area contributed by atoms with Crippen molar-refractivity contribution in [3.8, 4) is 0 Å². The lowest BCUT2D eigenvalue weighted by Gasteiger charge is -2.25. The lowest BCUT2D eigenvalue weighted by atomic mass is 10.2. The summed E-state index contributed by atoms with van der Waals surface area (Å²) >= 11 is 0. The standard InChI is InChI=1S/C17H30N4/c1-5-8-12-21(7-3)17-13(4)15(18-11-6-2)19-16(20-17)14-9-10-14/h14H,5-12H2,1-4H3,(H,18,19,20). The average Bonchev–Trinajstić information content (AvgIpc) is 3.32. The highest BCUT2D eigenvalue weighted by Gasteiger charge is 2.28. The molecule has 1 heterocycles. The third kappa shape index (κ3) is 4.08. The Kier molecular flexibility index (Phi) is 5.83. The molecule has 1 fully saturated rings. The summed E-state index contributed by atoms with van der Waals surface area (Å²) in [4.78, 5) is 12.1. The zero-order valence-electron chi connectivity index (χ0n) is 14.1. The molecule has 4 heteroatoms. The van der Waals surface area contributed by atoms with E-state index in [1.54, 1.807) is 0 Å². The van der Waals surface area contributed by atoms with Gasteiger partial charge in [0.25, 0.3) is 0 Å². The molecule has 0 aromatic carbocycles. The molecule has 0 aliphatic heterocycles. The van der Waals surface area contributed by atoms with E-state index in [9.17, 15) is 0 Å². The summed E-state index contributed by atoms with van der Waals surface area (Å²) < 4.78 is 0. The van der Waals surface area contributed by atoms with Gasteiger partial charge in [0.15, 0.2) is 0 Å². The van der Waals surface area contributed by atoms with Crippen molar-refractivity contribution in [3.05, 3.63) is 11.4 Å². The molecule has 1 aromatic heterocycles. The molecular weight excluding hydrogens is 260 g/mol. The lowest BCUT2D eigenvalue weighted by molar-refractivity contribution is 0.716. The molecule has 0 amide bonds. The molecule has 0 spiro atoms. The Bertz CT molecular complexity index is 454. The Morgan fingerprint density at radius 1 is 1.14 bits per heavy atom. The Hall–Kier alpha value is -1.32. The Morgan fingerprint density at radius 3 is 2.48 bits per heavy atom. The first kappa shape index (κ1) is 16.1. The normalized spacial score (nSPS) is 14.3. The van der Waals surface area contributed by atoms with Crippen molar-refractivity contribution in [2.24, 2.45) is 0 Å². The van der Waals surface area contributed by atoms with Crippen molar-refractivity contribution < 1.29 is 0 Å². The minimum absolute atomic E-state index is 0.594. The number of nitrogens with zero attached hydrogens (tertiary/aromatic N) is 3. The first-order valence-electron chi connectivity index (χ1n) is 8.58. The fraction of sp³-hybridized carbons (Fsp3) is 0.765. The van der Waals surface area contributed by atoms with Crippen molar-refractivity contribution in [1.82, 2.24) is 9.97 Å². The van der Waals surface area contributed by atoms with Gasteiger partial charge in [-0.15, -0.1) is 0 Å². The van der Waals surface area contributed by atoms with Gasteiger partial charge in [0.2, 0.25) is 0 Å². The molecule has 1 saturated carbocycles. The molecule has 1 N–H and O–H groups in total. The molecule has 0 bridgehead atoms. The second-order valence-corrected chi connectivity index (χ2v) is 6.01. The number of rotatable bonds is 9. The Morgan fingerprint density at radius 2 is 1.90 bits per heavy atom. The number of anilines is 2. The van der Waals surface area contributed by atoms with E-state index in [0.717, 1.165) is 43.5 Å². The molecular formula is C17H30N4. The van der Waals surface area contributed by atoms with Crippen LogP contribution in [0.2, 0.25) is 0 Å². The van der Waals surface area contributed by atoms with Crippen molar-refractivity contribution in [2.75, 3.05) is 29.9 Å². The van der Waals surface area contributed by atoms with E-state index in [-0.39, 0.29) is 0 Å². The summed E-state index contributed by atoms with van der Waals surface area (Å²) in [5, 5.41) is 3.48. The second-order valence-electron chi connectivity index (χ2n) is 6.01. The van der Waals surface area contributed by atoms with E-state index < -0.39 is 0 Å². The van der Waals surface area contributed by atoms with Gasteiger partial charge in [0.1, 0.15) is 17.5 Å². The van der Waals surface area contributed by atoms with Crippen LogP contribution < -0.4 is 10.2 Å². The smallest absolute Gasteiger partial charge is 0.137 e. The number of aromatic nitrogens is 2. The van der Waals surface area contributed by atoms with Gasteiger partial charge in [-0.1, -0.05) is 20.3 Å². The van der Waals surface area contributed by atoms with E-state index in [1.165, 1.54) is 31.2 Å². The van der Waals surface area contributed by atoms with Gasteiger partial charge in [0, 0.05) is 31.1 Å². The van der Waals surface area contributed by atoms with Crippen LogP contribution in [0.25, 0.3) is 0 Å². The van der Waals surface area contributed by atoms with Gasteiger partial charge in [-0.25, -0.2) is 9.97 Å². The van der Waals surface area contributed by atoms with Gasteiger partial charge < -0.3 is 10.2 Å². The Balaban J connectivity index is 2.29. The van der Waals surface area contributed by atoms with E-state index in [4.69, 9.17) is 9.97 Å². The minimum atomic E-state index is 0.594. The Labute approximate surface area is 129 Å². The molecule has 1 aliphatic rings. The number of unbranched alkanes of at least 4 members (excludes halogenated alkanes) is 1. The van der Waals surface area contributed by atoms with Crippen molar-refractivity contribution in [1.29, 1.82) is 0 Å². The van der Waals surface area contributed by atoms with E-state index >= 15 is 0 Å². The molecule has 0 radical (unpaired) electrons. The molecule has 118 valence electrons. The molecule has 1 aliphatic carbocycles. The fourth-order valence-corrected chi connectivity index (χ4v) is 2.53. The predicted molar refractivity (Wildman–Crippen MR) is 90.3 cm³/mol. The van der Waals surface area contributed by atoms with Crippen LogP contribution in [0.1, 0.15) is 70.2 Å². The molecule has 0 atom stereocenters. The van der Waals surface area contributed by atoms with E-state index in [0.29, 0.717) is 5.92 Å². The maximum atomic E-state index is 4.90. The summed E-state index contributed by atoms with van der Waals surface area (Å²) in [7, 11) is 0. The van der Waals surface area contributed by atoms with Crippen LogP contribution >= 0.6 is 0 Å². The van der Waals surface area contributed by atoms with Crippen LogP contribution in [0, 0.1) is 6.92 Å². The summed E-state index contributed by atoms with van der Waals surface area (Å²) in [5.41, 5.74) is 1.20. The molecule has 0 saturated heterocycles. The zero-order chi connectivity index (χ0) is 15.2. The predicted octanol–water partition coefficient (Wildman–Crippen LogP) is 4.11. The molecule has 0 unspecified atom stereocenters. The maximum Gasteiger partial charge on any atom is 0.137 e. The van der Waals surface area contributed by atoms with Gasteiger partial charge >= 0.3 is 0 Å². The summed E-state index contributed by atoms with van der Waals surface area (Å²) in [6, 6.07) is 0. The average molecular weight is 290 g/mol. The van der Waals surface area contributed by atoms with Crippen molar-refractivity contribution in [2.45, 2.75) is 65.7 Å². The first-order valence-corrected chi connectivity index (χ1v) is 8.58. The molecule has 4 nitrogen and oxygen atoms in total. The number of hydrogen-bond donors (Lipinski definition) is 1. The monoisotopic (exact) mass is 290 g/mol. The minimum Gasteiger partial charge on any atom is -0.370 e. The van der Waals surface area contributed by atoms with E-state index in [1.807, 2.05) is 0 Å². The maximum absolute atomic E-state index is 4.90. The fourth-order valence-electron chi connectivity index (χ4n) is 2.53. The van der Waals surface area contributed by atoms with Gasteiger partial charge in [0.05, 0.1) is 0 Å². The van der Waals surface area contributed by atoms with Crippen LogP contribution in [0.3, 0.4) is 0 Å². The third-order valence-electron chi connectivity index (χ3n) is 4.09. The second kappa shape index (κ2) is 7.62. The van der Waals surface area contributed by atoms with E-state index in [2.05, 4.69) is 37.9 Å². The summed E-state index contributed by atoms with van der Waals surface area (Å²) in [5.74, 6) is 3.82. The van der Waals surface area contributed by atoms with Crippen molar-refractivity contribution in [3.63, 3.8) is 0 Å². The van der Waals surface area contributed by atoms with Crippen molar-refractivity contribution >= 4 is 11.6 Å². The highest BCUT2D eigenvalue weighted by Crippen LogP contribution is 2.40. The van der Waals surface area contributed by atoms with Crippen LogP contribution in [-0.4, -0.2) is 29.6 Å². The molecule has 2 rings (SSSR count). The van der Waals surface area contributed by atoms with Crippen LogP contribution in [-0.2, 0) is 0 Å². The SMILES string of the molecule is CCCCN(CC)c1nc(C2CC2)nc(NCCC)c1C. The van der Waals surface area contributed by atoms with Crippen LogP contribution in [0.4, 0.5) is 11.6 Å². The molecule has 1 aromatic rings. The quantitative estimate of drug-likeness (QED) is 0.743. The highest BCUT2D eigenvalue weighted by atomic mass is 15.2. The summed E-state index contributed by atoms with van der Waals surface area (Å²) in [6.07, 6.45) is 6.04. The number of hydrogen-bond acceptors (Lipinski definition) is 4. The lowest BCUT2D eigenvalue weighted by Crippen LogP contribution is -2.27. The summed E-state index contributed by atoms with van der Waals surface area (Å²) in [6.45, 7) is 11.9. The highest BCUT2D eigenvalue weighted by molar-refractivity contribution is 5.59. The van der Waals surface area contributed by atoms with Gasteiger partial charge in [-0.05, 0) is 39.5 Å². The number of nitrogens with one attached hydrogen (secondary N) is 1. The van der Waals surface area contributed by atoms with Gasteiger partial charge in [-0.3, -0.25) is 0 Å². The third-order valence-corrected chi connectivity index (χ3v) is 4.09. The first-order chi connectivity index (χ1) is 10.2. The topological polar surface area (TPSA) is 41.1 Å². The van der Waals surface area contributed by atoms with Crippen LogP contribution in [0.15, 0.2) is 0 Å². The van der Waals surface area contributed by atoms with Crippen LogP contribution in [0.5, 0.6) is 0 Å².